The topological polar surface area (TPSA) is 54.0 Å². The van der Waals surface area contributed by atoms with Gasteiger partial charge in [-0.1, -0.05) is 39.7 Å². The van der Waals surface area contributed by atoms with Crippen molar-refractivity contribution in [1.82, 2.24) is 4.98 Å². The number of hydrogen-bond donors (Lipinski definition) is 2. The van der Waals surface area contributed by atoms with Crippen LogP contribution in [0.4, 0.5) is 15.6 Å². The molecule has 0 aliphatic heterocycles. The van der Waals surface area contributed by atoms with E-state index in [1.54, 1.807) is 24.3 Å². The Hall–Kier alpha value is -1.89. The van der Waals surface area contributed by atoms with Crippen LogP contribution in [0.25, 0.3) is 11.3 Å². The van der Waals surface area contributed by atoms with E-state index in [0.717, 1.165) is 15.7 Å². The van der Waals surface area contributed by atoms with Crippen LogP contribution in [0.1, 0.15) is 0 Å². The van der Waals surface area contributed by atoms with E-state index in [4.69, 9.17) is 11.6 Å². The van der Waals surface area contributed by atoms with Crippen molar-refractivity contribution < 1.29 is 4.79 Å². The lowest BCUT2D eigenvalue weighted by atomic mass is 10.2. The summed E-state index contributed by atoms with van der Waals surface area (Å²) in [7, 11) is 0. The maximum absolute atomic E-state index is 12.0. The summed E-state index contributed by atoms with van der Waals surface area (Å²) in [6, 6.07) is 14.4. The molecule has 2 N–H and O–H groups in total. The van der Waals surface area contributed by atoms with Gasteiger partial charge in [0.15, 0.2) is 5.13 Å². The monoisotopic (exact) mass is 407 g/mol. The van der Waals surface area contributed by atoms with Gasteiger partial charge in [-0.3, -0.25) is 5.32 Å². The summed E-state index contributed by atoms with van der Waals surface area (Å²) in [5.41, 5.74) is 2.47. The smallest absolute Gasteiger partial charge is 0.308 e. The van der Waals surface area contributed by atoms with Gasteiger partial charge in [-0.15, -0.1) is 11.3 Å². The zero-order valence-corrected chi connectivity index (χ0v) is 14.9. The molecule has 0 fully saturated rings. The van der Waals surface area contributed by atoms with Crippen molar-refractivity contribution in [2.75, 3.05) is 10.6 Å². The summed E-state index contributed by atoms with van der Waals surface area (Å²) in [5.74, 6) is 0. The maximum Gasteiger partial charge on any atom is 0.325 e. The predicted octanol–water partition coefficient (Wildman–Crippen LogP) is 5.87. The van der Waals surface area contributed by atoms with Gasteiger partial charge in [0.1, 0.15) is 0 Å². The predicted molar refractivity (Wildman–Crippen MR) is 99.3 cm³/mol. The van der Waals surface area contributed by atoms with Gasteiger partial charge in [-0.25, -0.2) is 9.78 Å². The lowest BCUT2D eigenvalue weighted by Gasteiger charge is -2.05. The molecule has 2 amide bonds. The van der Waals surface area contributed by atoms with E-state index in [0.29, 0.717) is 15.8 Å². The highest BCUT2D eigenvalue weighted by Gasteiger charge is 2.08. The first-order valence-corrected chi connectivity index (χ1v) is 8.70. The van der Waals surface area contributed by atoms with E-state index in [9.17, 15) is 4.79 Å². The Labute approximate surface area is 150 Å². The molecule has 0 spiro atoms. The third kappa shape index (κ3) is 4.31. The summed E-state index contributed by atoms with van der Waals surface area (Å²) < 4.78 is 0.984. The molecule has 3 aromatic rings. The Morgan fingerprint density at radius 3 is 2.65 bits per heavy atom. The standard InChI is InChI=1S/C16H11BrClN3OS/c17-11-3-1-2-10(8-11)14-9-23-16(20-14)21-15(22)19-13-6-4-12(18)5-7-13/h1-9H,(H2,19,20,21,22). The van der Waals surface area contributed by atoms with Crippen molar-refractivity contribution in [3.8, 4) is 11.3 Å². The number of benzene rings is 2. The van der Waals surface area contributed by atoms with Crippen LogP contribution in [0.2, 0.25) is 5.02 Å². The summed E-state index contributed by atoms with van der Waals surface area (Å²) in [4.78, 5) is 16.4. The number of carbonyl (C=O) groups is 1. The third-order valence-electron chi connectivity index (χ3n) is 2.95. The largest absolute Gasteiger partial charge is 0.325 e. The number of amides is 2. The molecule has 116 valence electrons. The molecule has 23 heavy (non-hydrogen) atoms. The number of anilines is 2. The Morgan fingerprint density at radius 2 is 1.91 bits per heavy atom. The minimum Gasteiger partial charge on any atom is -0.308 e. The average Bonchev–Trinajstić information content (AvgIpc) is 2.98. The Morgan fingerprint density at radius 1 is 1.13 bits per heavy atom. The van der Waals surface area contributed by atoms with Gasteiger partial charge in [0.25, 0.3) is 0 Å². The van der Waals surface area contributed by atoms with E-state index in [1.807, 2.05) is 29.6 Å². The van der Waals surface area contributed by atoms with Crippen molar-refractivity contribution in [3.05, 3.63) is 63.4 Å². The summed E-state index contributed by atoms with van der Waals surface area (Å²) in [6.07, 6.45) is 0. The average molecular weight is 409 g/mol. The fourth-order valence-electron chi connectivity index (χ4n) is 1.90. The van der Waals surface area contributed by atoms with Crippen LogP contribution >= 0.6 is 38.9 Å². The maximum atomic E-state index is 12.0. The molecule has 0 aliphatic carbocycles. The van der Waals surface area contributed by atoms with Gasteiger partial charge in [0, 0.05) is 26.1 Å². The van der Waals surface area contributed by atoms with Gasteiger partial charge in [0.05, 0.1) is 5.69 Å². The number of thiazole rings is 1. The Bertz CT molecular complexity index is 835. The molecule has 7 heteroatoms. The molecule has 0 unspecified atom stereocenters. The molecule has 1 aromatic heterocycles. The molecule has 0 saturated heterocycles. The van der Waals surface area contributed by atoms with Crippen LogP contribution in [-0.4, -0.2) is 11.0 Å². The van der Waals surface area contributed by atoms with Gasteiger partial charge < -0.3 is 5.32 Å². The highest BCUT2D eigenvalue weighted by molar-refractivity contribution is 9.10. The fraction of sp³-hybridized carbons (Fsp3) is 0. The van der Waals surface area contributed by atoms with Crippen LogP contribution in [-0.2, 0) is 0 Å². The van der Waals surface area contributed by atoms with E-state index >= 15 is 0 Å². The zero-order chi connectivity index (χ0) is 16.2. The number of carbonyl (C=O) groups excluding carboxylic acids is 1. The van der Waals surface area contributed by atoms with Crippen molar-refractivity contribution in [2.24, 2.45) is 0 Å². The van der Waals surface area contributed by atoms with Crippen LogP contribution in [0, 0.1) is 0 Å². The van der Waals surface area contributed by atoms with Crippen LogP contribution in [0.3, 0.4) is 0 Å². The van der Waals surface area contributed by atoms with Crippen molar-refractivity contribution in [2.45, 2.75) is 0 Å². The second-order valence-corrected chi connectivity index (χ2v) is 6.84. The number of rotatable bonds is 3. The number of nitrogens with one attached hydrogen (secondary N) is 2. The first-order valence-electron chi connectivity index (χ1n) is 6.65. The highest BCUT2D eigenvalue weighted by Crippen LogP contribution is 2.27. The van der Waals surface area contributed by atoms with Crippen LogP contribution < -0.4 is 10.6 Å². The summed E-state index contributed by atoms with van der Waals surface area (Å²) in [5, 5.41) is 8.50. The zero-order valence-electron chi connectivity index (χ0n) is 11.7. The molecule has 0 atom stereocenters. The first-order chi connectivity index (χ1) is 11.1. The third-order valence-corrected chi connectivity index (χ3v) is 4.45. The lowest BCUT2D eigenvalue weighted by Crippen LogP contribution is -2.19. The normalized spacial score (nSPS) is 10.3. The molecular weight excluding hydrogens is 398 g/mol. The van der Waals surface area contributed by atoms with Gasteiger partial charge in [-0.05, 0) is 36.4 Å². The Kier molecular flexibility index (Phi) is 4.95. The molecular formula is C16H11BrClN3OS. The van der Waals surface area contributed by atoms with Gasteiger partial charge in [-0.2, -0.15) is 0 Å². The molecule has 0 bridgehead atoms. The minimum atomic E-state index is -0.345. The van der Waals surface area contributed by atoms with Crippen molar-refractivity contribution in [3.63, 3.8) is 0 Å². The molecule has 0 saturated carbocycles. The van der Waals surface area contributed by atoms with E-state index in [-0.39, 0.29) is 6.03 Å². The van der Waals surface area contributed by atoms with Gasteiger partial charge in [0.2, 0.25) is 0 Å². The number of hydrogen-bond acceptors (Lipinski definition) is 3. The first kappa shape index (κ1) is 16.0. The molecule has 0 radical (unpaired) electrons. The number of nitrogens with zero attached hydrogens (tertiary/aromatic N) is 1. The summed E-state index contributed by atoms with van der Waals surface area (Å²) in [6.45, 7) is 0. The molecule has 2 aromatic carbocycles. The SMILES string of the molecule is O=C(Nc1ccc(Cl)cc1)Nc1nc(-c2cccc(Br)c2)cs1. The van der Waals surface area contributed by atoms with E-state index in [2.05, 4.69) is 31.5 Å². The van der Waals surface area contributed by atoms with E-state index in [1.165, 1.54) is 11.3 Å². The minimum absolute atomic E-state index is 0.345. The quantitative estimate of drug-likeness (QED) is 0.569. The van der Waals surface area contributed by atoms with Crippen LogP contribution in [0.5, 0.6) is 0 Å². The second kappa shape index (κ2) is 7.12. The molecule has 3 rings (SSSR count). The number of urea groups is 1. The highest BCUT2D eigenvalue weighted by atomic mass is 79.9. The lowest BCUT2D eigenvalue weighted by molar-refractivity contribution is 0.262. The van der Waals surface area contributed by atoms with Crippen LogP contribution in [0.15, 0.2) is 58.4 Å². The number of aromatic nitrogens is 1. The van der Waals surface area contributed by atoms with E-state index < -0.39 is 0 Å². The summed E-state index contributed by atoms with van der Waals surface area (Å²) >= 11 is 10.6. The van der Waals surface area contributed by atoms with Crippen molar-refractivity contribution in [1.29, 1.82) is 0 Å². The molecule has 1 heterocycles. The van der Waals surface area contributed by atoms with Gasteiger partial charge >= 0.3 is 6.03 Å². The fourth-order valence-corrected chi connectivity index (χ4v) is 3.14. The molecule has 4 nitrogen and oxygen atoms in total. The second-order valence-electron chi connectivity index (χ2n) is 4.63. The molecule has 0 aliphatic rings. The van der Waals surface area contributed by atoms with Crippen molar-refractivity contribution >= 4 is 55.7 Å². The number of halogens is 2. The Balaban J connectivity index is 1.66.